The monoisotopic (exact) mass is 282 g/mol. The Hall–Kier alpha value is -2.09. The van der Waals surface area contributed by atoms with E-state index in [0.29, 0.717) is 17.4 Å². The summed E-state index contributed by atoms with van der Waals surface area (Å²) in [5, 5.41) is 9.40. The van der Waals surface area contributed by atoms with Crippen LogP contribution in [0.3, 0.4) is 0 Å². The lowest BCUT2D eigenvalue weighted by molar-refractivity contribution is 0.0697. The van der Waals surface area contributed by atoms with E-state index >= 15 is 0 Å². The summed E-state index contributed by atoms with van der Waals surface area (Å²) in [5.41, 5.74) is 4.67. The summed E-state index contributed by atoms with van der Waals surface area (Å²) in [6, 6.07) is 13.6. The zero-order chi connectivity index (χ0) is 15.6. The first-order valence-corrected chi connectivity index (χ1v) is 7.38. The van der Waals surface area contributed by atoms with Gasteiger partial charge in [-0.2, -0.15) is 0 Å². The molecule has 0 heterocycles. The molecule has 2 aromatic carbocycles. The standard InChI is InChI=1S/C19H22O2/c1-12(2)14-9-10-16(18(11-14)13(3)4)15-7-5-6-8-17(15)19(20)21/h5-13H,1-4H3,(H,20,21). The van der Waals surface area contributed by atoms with Crippen LogP contribution in [0.2, 0.25) is 0 Å². The van der Waals surface area contributed by atoms with Gasteiger partial charge in [0.15, 0.2) is 0 Å². The molecule has 0 amide bonds. The average molecular weight is 282 g/mol. The molecule has 0 unspecified atom stereocenters. The topological polar surface area (TPSA) is 37.3 Å². The van der Waals surface area contributed by atoms with Crippen molar-refractivity contribution in [2.24, 2.45) is 0 Å². The Morgan fingerprint density at radius 2 is 1.57 bits per heavy atom. The molecule has 0 fully saturated rings. The summed E-state index contributed by atoms with van der Waals surface area (Å²) in [6.07, 6.45) is 0. The van der Waals surface area contributed by atoms with E-state index in [1.165, 1.54) is 11.1 Å². The van der Waals surface area contributed by atoms with Crippen LogP contribution in [-0.4, -0.2) is 11.1 Å². The van der Waals surface area contributed by atoms with Crippen LogP contribution in [0.25, 0.3) is 11.1 Å². The maximum absolute atomic E-state index is 11.5. The highest BCUT2D eigenvalue weighted by Crippen LogP contribution is 2.33. The summed E-state index contributed by atoms with van der Waals surface area (Å²) >= 11 is 0. The smallest absolute Gasteiger partial charge is 0.336 e. The third-order valence-corrected chi connectivity index (χ3v) is 3.81. The molecular weight excluding hydrogens is 260 g/mol. The van der Waals surface area contributed by atoms with Crippen molar-refractivity contribution in [3.63, 3.8) is 0 Å². The van der Waals surface area contributed by atoms with Crippen LogP contribution in [-0.2, 0) is 0 Å². The molecule has 0 spiro atoms. The maximum Gasteiger partial charge on any atom is 0.336 e. The van der Waals surface area contributed by atoms with Gasteiger partial charge in [-0.15, -0.1) is 0 Å². The lowest BCUT2D eigenvalue weighted by Crippen LogP contribution is -2.02. The van der Waals surface area contributed by atoms with Gasteiger partial charge >= 0.3 is 5.97 Å². The van der Waals surface area contributed by atoms with E-state index < -0.39 is 5.97 Å². The Bertz CT molecular complexity index is 654. The normalized spacial score (nSPS) is 11.1. The Morgan fingerprint density at radius 3 is 2.14 bits per heavy atom. The molecule has 0 aliphatic carbocycles. The van der Waals surface area contributed by atoms with Crippen molar-refractivity contribution in [3.05, 3.63) is 59.2 Å². The van der Waals surface area contributed by atoms with E-state index in [1.807, 2.05) is 12.1 Å². The Morgan fingerprint density at radius 1 is 0.905 bits per heavy atom. The molecule has 21 heavy (non-hydrogen) atoms. The molecule has 110 valence electrons. The molecule has 0 aromatic heterocycles. The Balaban J connectivity index is 2.67. The number of carboxylic acids is 1. The van der Waals surface area contributed by atoms with Crippen molar-refractivity contribution in [2.75, 3.05) is 0 Å². The van der Waals surface area contributed by atoms with E-state index in [1.54, 1.807) is 12.1 Å². The molecule has 0 atom stereocenters. The molecule has 0 aliphatic rings. The summed E-state index contributed by atoms with van der Waals surface area (Å²) in [4.78, 5) is 11.5. The molecule has 1 N–H and O–H groups in total. The predicted molar refractivity (Wildman–Crippen MR) is 87.0 cm³/mol. The molecule has 2 rings (SSSR count). The van der Waals surface area contributed by atoms with Crippen molar-refractivity contribution in [1.82, 2.24) is 0 Å². The summed E-state index contributed by atoms with van der Waals surface area (Å²) in [6.45, 7) is 8.63. The number of hydrogen-bond donors (Lipinski definition) is 1. The van der Waals surface area contributed by atoms with Gasteiger partial charge in [-0.05, 0) is 40.2 Å². The van der Waals surface area contributed by atoms with Crippen LogP contribution < -0.4 is 0 Å². The zero-order valence-electron chi connectivity index (χ0n) is 13.1. The molecule has 0 saturated carbocycles. The second kappa shape index (κ2) is 6.13. The highest BCUT2D eigenvalue weighted by Gasteiger charge is 2.16. The first-order valence-electron chi connectivity index (χ1n) is 7.38. The molecular formula is C19H22O2. The summed E-state index contributed by atoms with van der Waals surface area (Å²) in [7, 11) is 0. The first-order chi connectivity index (χ1) is 9.91. The van der Waals surface area contributed by atoms with E-state index in [9.17, 15) is 9.90 Å². The minimum absolute atomic E-state index is 0.348. The van der Waals surface area contributed by atoms with Crippen molar-refractivity contribution in [3.8, 4) is 11.1 Å². The fraction of sp³-hybridized carbons (Fsp3) is 0.316. The van der Waals surface area contributed by atoms with E-state index in [0.717, 1.165) is 11.1 Å². The highest BCUT2D eigenvalue weighted by molar-refractivity contribution is 5.96. The van der Waals surface area contributed by atoms with Crippen molar-refractivity contribution >= 4 is 5.97 Å². The second-order valence-electron chi connectivity index (χ2n) is 6.01. The van der Waals surface area contributed by atoms with Gasteiger partial charge in [-0.25, -0.2) is 4.79 Å². The van der Waals surface area contributed by atoms with Gasteiger partial charge in [0.1, 0.15) is 0 Å². The van der Waals surface area contributed by atoms with Gasteiger partial charge in [0, 0.05) is 0 Å². The number of rotatable bonds is 4. The van der Waals surface area contributed by atoms with E-state index in [2.05, 4.69) is 45.9 Å². The fourth-order valence-electron chi connectivity index (χ4n) is 2.57. The number of aromatic carboxylic acids is 1. The number of carbonyl (C=O) groups is 1. The number of carboxylic acid groups (broad SMARTS) is 1. The summed E-state index contributed by atoms with van der Waals surface area (Å²) in [5.74, 6) is -0.0694. The van der Waals surface area contributed by atoms with Crippen molar-refractivity contribution < 1.29 is 9.90 Å². The molecule has 0 aliphatic heterocycles. The predicted octanol–water partition coefficient (Wildman–Crippen LogP) is 5.30. The maximum atomic E-state index is 11.5. The zero-order valence-corrected chi connectivity index (χ0v) is 13.1. The fourth-order valence-corrected chi connectivity index (χ4v) is 2.57. The molecule has 0 bridgehead atoms. The van der Waals surface area contributed by atoms with Gasteiger partial charge < -0.3 is 5.11 Å². The van der Waals surface area contributed by atoms with Crippen LogP contribution in [0.4, 0.5) is 0 Å². The van der Waals surface area contributed by atoms with Crippen LogP contribution in [0, 0.1) is 0 Å². The molecule has 2 aromatic rings. The summed E-state index contributed by atoms with van der Waals surface area (Å²) < 4.78 is 0. The first kappa shape index (κ1) is 15.3. The van der Waals surface area contributed by atoms with Gasteiger partial charge in [0.05, 0.1) is 5.56 Å². The lowest BCUT2D eigenvalue weighted by atomic mass is 9.87. The highest BCUT2D eigenvalue weighted by atomic mass is 16.4. The second-order valence-corrected chi connectivity index (χ2v) is 6.01. The molecule has 2 heteroatoms. The number of benzene rings is 2. The molecule has 0 saturated heterocycles. The minimum Gasteiger partial charge on any atom is -0.478 e. The van der Waals surface area contributed by atoms with Gasteiger partial charge in [0.25, 0.3) is 0 Å². The SMILES string of the molecule is CC(C)c1ccc(-c2ccccc2C(=O)O)c(C(C)C)c1. The van der Waals surface area contributed by atoms with Crippen molar-refractivity contribution in [2.45, 2.75) is 39.5 Å². The van der Waals surface area contributed by atoms with E-state index in [4.69, 9.17) is 0 Å². The van der Waals surface area contributed by atoms with Crippen LogP contribution in [0.1, 0.15) is 61.0 Å². The minimum atomic E-state index is -0.881. The van der Waals surface area contributed by atoms with Crippen LogP contribution in [0.15, 0.2) is 42.5 Å². The Labute approximate surface area is 126 Å². The molecule has 0 radical (unpaired) electrons. The number of hydrogen-bond acceptors (Lipinski definition) is 1. The quantitative estimate of drug-likeness (QED) is 0.826. The lowest BCUT2D eigenvalue weighted by Gasteiger charge is -2.17. The van der Waals surface area contributed by atoms with Crippen LogP contribution >= 0.6 is 0 Å². The Kier molecular flexibility index (Phi) is 4.46. The molecule has 2 nitrogen and oxygen atoms in total. The largest absolute Gasteiger partial charge is 0.478 e. The average Bonchev–Trinajstić information content (AvgIpc) is 2.46. The third-order valence-electron chi connectivity index (χ3n) is 3.81. The van der Waals surface area contributed by atoms with Gasteiger partial charge in [-0.1, -0.05) is 64.1 Å². The third kappa shape index (κ3) is 3.15. The van der Waals surface area contributed by atoms with Crippen molar-refractivity contribution in [1.29, 1.82) is 0 Å². The van der Waals surface area contributed by atoms with Gasteiger partial charge in [0.2, 0.25) is 0 Å². The van der Waals surface area contributed by atoms with Crippen LogP contribution in [0.5, 0.6) is 0 Å². The van der Waals surface area contributed by atoms with E-state index in [-0.39, 0.29) is 0 Å². The van der Waals surface area contributed by atoms with Gasteiger partial charge in [-0.3, -0.25) is 0 Å².